The molecule has 2 atom stereocenters. The fourth-order valence-electron chi connectivity index (χ4n) is 3.53. The number of thioether (sulfide) groups is 1. The first-order valence-electron chi connectivity index (χ1n) is 9.54. The number of aromatic nitrogens is 2. The van der Waals surface area contributed by atoms with Gasteiger partial charge in [0.1, 0.15) is 4.83 Å². The number of amides is 1. The summed E-state index contributed by atoms with van der Waals surface area (Å²) in [4.78, 5) is 34.7. The van der Waals surface area contributed by atoms with Crippen molar-refractivity contribution < 1.29 is 4.79 Å². The number of benzene rings is 1. The van der Waals surface area contributed by atoms with E-state index in [0.717, 1.165) is 35.0 Å². The normalized spacial score (nSPS) is 17.3. The molecule has 0 saturated heterocycles. The molecule has 5 nitrogen and oxygen atoms in total. The fraction of sp³-hybridized carbons (Fsp3) is 0.381. The van der Waals surface area contributed by atoms with Crippen molar-refractivity contribution in [2.45, 2.75) is 50.1 Å². The first-order chi connectivity index (χ1) is 13.5. The number of nitrogens with zero attached hydrogens (tertiary/aromatic N) is 1. The van der Waals surface area contributed by atoms with Gasteiger partial charge in [0.05, 0.1) is 10.6 Å². The van der Waals surface area contributed by atoms with E-state index in [4.69, 9.17) is 0 Å². The Morgan fingerprint density at radius 2 is 2.18 bits per heavy atom. The third-order valence-corrected chi connectivity index (χ3v) is 7.24. The maximum atomic E-state index is 12.7. The van der Waals surface area contributed by atoms with Gasteiger partial charge in [-0.15, -0.1) is 11.3 Å². The molecular weight excluding hydrogens is 390 g/mol. The van der Waals surface area contributed by atoms with Crippen LogP contribution in [0.1, 0.15) is 36.3 Å². The molecule has 7 heteroatoms. The largest absolute Gasteiger partial charge is 0.351 e. The lowest BCUT2D eigenvalue weighted by atomic mass is 9.89. The van der Waals surface area contributed by atoms with Crippen LogP contribution in [0.3, 0.4) is 0 Å². The Balaban J connectivity index is 1.48. The summed E-state index contributed by atoms with van der Waals surface area (Å²) < 4.78 is 0. The standard InChI is InChI=1S/C21H23N3O2S2/c1-12-8-9-15-16(10-12)28-20-17(15)19(26)23-21(24-20)27-13(2)18(25)22-11-14-6-4-3-5-7-14/h3-7,12-13H,8-11H2,1-2H3,(H,22,25)(H,23,24,26)/t12-,13+/m1/s1. The Morgan fingerprint density at radius 3 is 2.96 bits per heavy atom. The zero-order chi connectivity index (χ0) is 19.7. The molecular formula is C21H23N3O2S2. The highest BCUT2D eigenvalue weighted by molar-refractivity contribution is 8.00. The minimum atomic E-state index is -0.348. The molecule has 0 saturated carbocycles. The second-order valence-corrected chi connectivity index (χ2v) is 9.78. The summed E-state index contributed by atoms with van der Waals surface area (Å²) in [5.74, 6) is 0.581. The average Bonchev–Trinajstić information content (AvgIpc) is 3.04. The highest BCUT2D eigenvalue weighted by atomic mass is 32.2. The van der Waals surface area contributed by atoms with Crippen LogP contribution in [0.25, 0.3) is 10.2 Å². The molecule has 2 aromatic heterocycles. The van der Waals surface area contributed by atoms with Crippen molar-refractivity contribution in [1.82, 2.24) is 15.3 Å². The van der Waals surface area contributed by atoms with Crippen molar-refractivity contribution >= 4 is 39.2 Å². The highest BCUT2D eigenvalue weighted by Crippen LogP contribution is 2.36. The highest BCUT2D eigenvalue weighted by Gasteiger charge is 2.24. The van der Waals surface area contributed by atoms with Crippen molar-refractivity contribution in [1.29, 1.82) is 0 Å². The van der Waals surface area contributed by atoms with Crippen LogP contribution in [-0.2, 0) is 24.2 Å². The van der Waals surface area contributed by atoms with E-state index in [9.17, 15) is 9.59 Å². The molecule has 4 rings (SSSR count). The van der Waals surface area contributed by atoms with E-state index in [1.165, 1.54) is 22.2 Å². The summed E-state index contributed by atoms with van der Waals surface area (Å²) in [6.45, 7) is 4.57. The molecule has 1 aromatic carbocycles. The maximum Gasteiger partial charge on any atom is 0.260 e. The Bertz CT molecular complexity index is 1060. The molecule has 0 spiro atoms. The van der Waals surface area contributed by atoms with Crippen LogP contribution in [0.15, 0.2) is 40.3 Å². The summed E-state index contributed by atoms with van der Waals surface area (Å²) in [5, 5.41) is 3.84. The third kappa shape index (κ3) is 4.00. The van der Waals surface area contributed by atoms with Crippen LogP contribution in [0.5, 0.6) is 0 Å². The summed E-state index contributed by atoms with van der Waals surface area (Å²) in [6.07, 6.45) is 3.09. The van der Waals surface area contributed by atoms with Crippen LogP contribution in [0.4, 0.5) is 0 Å². The number of aromatic amines is 1. The number of H-pyrrole nitrogens is 1. The van der Waals surface area contributed by atoms with Gasteiger partial charge in [-0.05, 0) is 43.2 Å². The second kappa shape index (κ2) is 8.09. The van der Waals surface area contributed by atoms with Gasteiger partial charge in [-0.25, -0.2) is 4.98 Å². The van der Waals surface area contributed by atoms with E-state index < -0.39 is 0 Å². The zero-order valence-electron chi connectivity index (χ0n) is 16.0. The minimum Gasteiger partial charge on any atom is -0.351 e. The Labute approximate surface area is 172 Å². The number of nitrogens with one attached hydrogen (secondary N) is 2. The summed E-state index contributed by atoms with van der Waals surface area (Å²) >= 11 is 2.92. The van der Waals surface area contributed by atoms with Gasteiger partial charge in [0.25, 0.3) is 5.56 Å². The molecule has 0 unspecified atom stereocenters. The van der Waals surface area contributed by atoms with E-state index in [2.05, 4.69) is 22.2 Å². The van der Waals surface area contributed by atoms with E-state index in [1.807, 2.05) is 37.3 Å². The number of fused-ring (bicyclic) bond motifs is 3. The molecule has 1 aliphatic rings. The van der Waals surface area contributed by atoms with E-state index in [1.54, 1.807) is 11.3 Å². The van der Waals surface area contributed by atoms with Crippen LogP contribution >= 0.6 is 23.1 Å². The van der Waals surface area contributed by atoms with Gasteiger partial charge in [-0.1, -0.05) is 49.0 Å². The first-order valence-corrected chi connectivity index (χ1v) is 11.2. The van der Waals surface area contributed by atoms with Crippen molar-refractivity contribution in [2.24, 2.45) is 5.92 Å². The zero-order valence-corrected chi connectivity index (χ0v) is 17.6. The molecule has 1 amide bonds. The van der Waals surface area contributed by atoms with Gasteiger partial charge in [-0.3, -0.25) is 9.59 Å². The minimum absolute atomic E-state index is 0.0732. The summed E-state index contributed by atoms with van der Waals surface area (Å²) in [6, 6.07) is 9.80. The van der Waals surface area contributed by atoms with E-state index in [-0.39, 0.29) is 16.7 Å². The van der Waals surface area contributed by atoms with E-state index in [0.29, 0.717) is 17.6 Å². The average molecular weight is 414 g/mol. The molecule has 0 aliphatic heterocycles. The quantitative estimate of drug-likeness (QED) is 0.491. The predicted octanol–water partition coefficient (Wildman–Crippen LogP) is 3.91. The molecule has 2 N–H and O–H groups in total. The van der Waals surface area contributed by atoms with Gasteiger partial charge in [0, 0.05) is 11.4 Å². The third-order valence-electron chi connectivity index (χ3n) is 5.11. The van der Waals surface area contributed by atoms with Gasteiger partial charge < -0.3 is 10.3 Å². The lowest BCUT2D eigenvalue weighted by Gasteiger charge is -2.17. The number of hydrogen-bond donors (Lipinski definition) is 2. The summed E-state index contributed by atoms with van der Waals surface area (Å²) in [7, 11) is 0. The number of aryl methyl sites for hydroxylation is 1. The van der Waals surface area contributed by atoms with Crippen LogP contribution in [0, 0.1) is 5.92 Å². The van der Waals surface area contributed by atoms with Crippen molar-refractivity contribution in [3.8, 4) is 0 Å². The SMILES string of the molecule is C[C@@H]1CCc2c(sc3nc(S[C@@H](C)C(=O)NCc4ccccc4)[nH]c(=O)c23)C1. The number of carbonyl (C=O) groups is 1. The van der Waals surface area contributed by atoms with Crippen molar-refractivity contribution in [3.05, 3.63) is 56.7 Å². The van der Waals surface area contributed by atoms with Crippen LogP contribution < -0.4 is 10.9 Å². The molecule has 2 heterocycles. The van der Waals surface area contributed by atoms with E-state index >= 15 is 0 Å². The molecule has 3 aromatic rings. The summed E-state index contributed by atoms with van der Waals surface area (Å²) in [5.41, 5.74) is 2.15. The van der Waals surface area contributed by atoms with Crippen molar-refractivity contribution in [3.63, 3.8) is 0 Å². The van der Waals surface area contributed by atoms with Crippen LogP contribution in [0.2, 0.25) is 0 Å². The molecule has 0 bridgehead atoms. The lowest BCUT2D eigenvalue weighted by molar-refractivity contribution is -0.120. The fourth-order valence-corrected chi connectivity index (χ4v) is 5.80. The predicted molar refractivity (Wildman–Crippen MR) is 115 cm³/mol. The topological polar surface area (TPSA) is 74.8 Å². The van der Waals surface area contributed by atoms with Gasteiger partial charge in [0.2, 0.25) is 5.91 Å². The monoisotopic (exact) mass is 413 g/mol. The number of thiophene rings is 1. The molecule has 1 aliphatic carbocycles. The Morgan fingerprint density at radius 1 is 1.39 bits per heavy atom. The van der Waals surface area contributed by atoms with Gasteiger partial charge >= 0.3 is 0 Å². The van der Waals surface area contributed by atoms with Gasteiger partial charge in [-0.2, -0.15) is 0 Å². The molecule has 28 heavy (non-hydrogen) atoms. The molecule has 0 fully saturated rings. The number of hydrogen-bond acceptors (Lipinski definition) is 5. The van der Waals surface area contributed by atoms with Gasteiger partial charge in [0.15, 0.2) is 5.16 Å². The lowest BCUT2D eigenvalue weighted by Crippen LogP contribution is -2.30. The first kappa shape index (κ1) is 19.2. The smallest absolute Gasteiger partial charge is 0.260 e. The Kier molecular flexibility index (Phi) is 5.55. The van der Waals surface area contributed by atoms with Crippen molar-refractivity contribution in [2.75, 3.05) is 0 Å². The van der Waals surface area contributed by atoms with Crippen LogP contribution in [-0.4, -0.2) is 21.1 Å². The second-order valence-electron chi connectivity index (χ2n) is 7.37. The molecule has 0 radical (unpaired) electrons. The molecule has 146 valence electrons. The Hall–Kier alpha value is -2.12. The maximum absolute atomic E-state index is 12.7. The number of carbonyl (C=O) groups excluding carboxylic acids is 1. The number of rotatable bonds is 5.